The van der Waals surface area contributed by atoms with Gasteiger partial charge >= 0.3 is 5.69 Å². The van der Waals surface area contributed by atoms with Crippen molar-refractivity contribution < 1.29 is 4.79 Å². The van der Waals surface area contributed by atoms with Crippen LogP contribution in [0, 0.1) is 0 Å². The fourth-order valence-corrected chi connectivity index (χ4v) is 2.88. The molecule has 2 heterocycles. The van der Waals surface area contributed by atoms with E-state index in [1.807, 2.05) is 6.07 Å². The quantitative estimate of drug-likeness (QED) is 0.857. The van der Waals surface area contributed by atoms with Crippen molar-refractivity contribution in [3.63, 3.8) is 0 Å². The Labute approximate surface area is 140 Å². The standard InChI is InChI=1S/C15H21N5O2.ClH/c16-11-4-6-12(7-5-11)17-14(21)8-10-20-15(22)19-9-2-1-3-13(19)18-20;/h1-3,9,11-12H,4-8,10,16H2,(H,17,21);1H. The monoisotopic (exact) mass is 339 g/mol. The Morgan fingerprint density at radius 2 is 2.04 bits per heavy atom. The predicted octanol–water partition coefficient (Wildman–Crippen LogP) is 0.694. The van der Waals surface area contributed by atoms with Gasteiger partial charge in [0.25, 0.3) is 0 Å². The molecule has 126 valence electrons. The number of nitrogens with one attached hydrogen (secondary N) is 1. The third-order valence-electron chi connectivity index (χ3n) is 4.18. The fourth-order valence-electron chi connectivity index (χ4n) is 2.88. The molecule has 0 bridgehead atoms. The van der Waals surface area contributed by atoms with Crippen molar-refractivity contribution in [2.75, 3.05) is 0 Å². The molecule has 2 aromatic rings. The van der Waals surface area contributed by atoms with Crippen molar-refractivity contribution in [2.24, 2.45) is 5.73 Å². The minimum atomic E-state index is -0.216. The third-order valence-corrected chi connectivity index (χ3v) is 4.18. The van der Waals surface area contributed by atoms with E-state index in [1.54, 1.807) is 18.3 Å². The van der Waals surface area contributed by atoms with E-state index in [2.05, 4.69) is 10.4 Å². The van der Waals surface area contributed by atoms with Crippen LogP contribution in [-0.2, 0) is 11.3 Å². The van der Waals surface area contributed by atoms with E-state index in [-0.39, 0.29) is 42.5 Å². The molecule has 23 heavy (non-hydrogen) atoms. The van der Waals surface area contributed by atoms with Gasteiger partial charge in [0.1, 0.15) is 0 Å². The number of nitrogens with zero attached hydrogens (tertiary/aromatic N) is 3. The number of aryl methyl sites for hydroxylation is 1. The minimum Gasteiger partial charge on any atom is -0.353 e. The van der Waals surface area contributed by atoms with E-state index < -0.39 is 0 Å². The summed E-state index contributed by atoms with van der Waals surface area (Å²) in [5.41, 5.74) is 6.23. The Morgan fingerprint density at radius 3 is 2.74 bits per heavy atom. The number of hydrogen-bond acceptors (Lipinski definition) is 4. The highest BCUT2D eigenvalue weighted by molar-refractivity contribution is 5.85. The van der Waals surface area contributed by atoms with Crippen molar-refractivity contribution >= 4 is 24.0 Å². The SMILES string of the molecule is Cl.NC1CCC(NC(=O)CCn2nc3ccccn3c2=O)CC1. The molecular formula is C15H22ClN5O2. The first-order valence-corrected chi connectivity index (χ1v) is 7.72. The van der Waals surface area contributed by atoms with Crippen LogP contribution in [0.25, 0.3) is 5.65 Å². The van der Waals surface area contributed by atoms with Crippen LogP contribution in [0.2, 0.25) is 0 Å². The highest BCUT2D eigenvalue weighted by Gasteiger charge is 2.20. The molecule has 3 rings (SSSR count). The zero-order valence-corrected chi connectivity index (χ0v) is 13.7. The summed E-state index contributed by atoms with van der Waals surface area (Å²) in [6, 6.07) is 5.85. The summed E-state index contributed by atoms with van der Waals surface area (Å²) in [5, 5.41) is 7.23. The van der Waals surface area contributed by atoms with Gasteiger partial charge in [-0.2, -0.15) is 0 Å². The largest absolute Gasteiger partial charge is 0.353 e. The lowest BCUT2D eigenvalue weighted by atomic mass is 9.92. The number of hydrogen-bond donors (Lipinski definition) is 2. The Balaban J connectivity index is 0.00000192. The van der Waals surface area contributed by atoms with E-state index >= 15 is 0 Å². The molecule has 0 unspecified atom stereocenters. The molecule has 1 amide bonds. The molecule has 0 radical (unpaired) electrons. The van der Waals surface area contributed by atoms with Crippen molar-refractivity contribution in [3.8, 4) is 0 Å². The average Bonchev–Trinajstić information content (AvgIpc) is 2.84. The molecule has 1 saturated carbocycles. The maximum Gasteiger partial charge on any atom is 0.350 e. The average molecular weight is 340 g/mol. The second-order valence-corrected chi connectivity index (χ2v) is 5.86. The summed E-state index contributed by atoms with van der Waals surface area (Å²) in [4.78, 5) is 24.1. The lowest BCUT2D eigenvalue weighted by molar-refractivity contribution is -0.122. The normalized spacial score (nSPS) is 20.9. The zero-order chi connectivity index (χ0) is 15.5. The summed E-state index contributed by atoms with van der Waals surface area (Å²) in [5.74, 6) is -0.0376. The number of pyridine rings is 1. The van der Waals surface area contributed by atoms with Crippen LogP contribution in [0.5, 0.6) is 0 Å². The topological polar surface area (TPSA) is 94.4 Å². The van der Waals surface area contributed by atoms with Gasteiger partial charge in [-0.3, -0.25) is 9.20 Å². The smallest absolute Gasteiger partial charge is 0.350 e. The first-order chi connectivity index (χ1) is 10.6. The first-order valence-electron chi connectivity index (χ1n) is 7.72. The van der Waals surface area contributed by atoms with Crippen molar-refractivity contribution in [3.05, 3.63) is 34.9 Å². The Kier molecular flexibility index (Phi) is 5.79. The molecule has 1 aliphatic rings. The maximum absolute atomic E-state index is 12.1. The number of carbonyl (C=O) groups excluding carboxylic acids is 1. The van der Waals surface area contributed by atoms with E-state index in [0.29, 0.717) is 12.2 Å². The van der Waals surface area contributed by atoms with Gasteiger partial charge in [0.05, 0.1) is 6.54 Å². The molecule has 1 aliphatic carbocycles. The van der Waals surface area contributed by atoms with Crippen LogP contribution < -0.4 is 16.7 Å². The molecule has 0 aromatic carbocycles. The Hall–Kier alpha value is -1.86. The van der Waals surface area contributed by atoms with Gasteiger partial charge in [0.15, 0.2) is 5.65 Å². The van der Waals surface area contributed by atoms with Crippen LogP contribution >= 0.6 is 12.4 Å². The highest BCUT2D eigenvalue weighted by atomic mass is 35.5. The van der Waals surface area contributed by atoms with E-state index in [4.69, 9.17) is 5.73 Å². The van der Waals surface area contributed by atoms with Gasteiger partial charge in [-0.25, -0.2) is 9.48 Å². The first kappa shape index (κ1) is 17.5. The van der Waals surface area contributed by atoms with Crippen LogP contribution in [0.4, 0.5) is 0 Å². The molecule has 7 nitrogen and oxygen atoms in total. The highest BCUT2D eigenvalue weighted by Crippen LogP contribution is 2.16. The molecule has 2 aromatic heterocycles. The van der Waals surface area contributed by atoms with Crippen molar-refractivity contribution in [1.82, 2.24) is 19.5 Å². The molecule has 0 saturated heterocycles. The Morgan fingerprint density at radius 1 is 1.30 bits per heavy atom. The second-order valence-electron chi connectivity index (χ2n) is 5.86. The van der Waals surface area contributed by atoms with Gasteiger partial charge in [-0.05, 0) is 37.8 Å². The molecule has 3 N–H and O–H groups in total. The van der Waals surface area contributed by atoms with Gasteiger partial charge in [-0.1, -0.05) is 6.07 Å². The molecule has 8 heteroatoms. The number of rotatable bonds is 4. The summed E-state index contributed by atoms with van der Waals surface area (Å²) in [6.07, 6.45) is 5.70. The predicted molar refractivity (Wildman–Crippen MR) is 89.7 cm³/mol. The van der Waals surface area contributed by atoms with E-state index in [1.165, 1.54) is 9.08 Å². The third kappa shape index (κ3) is 4.11. The summed E-state index contributed by atoms with van der Waals surface area (Å²) in [7, 11) is 0. The molecule has 1 fully saturated rings. The number of carbonyl (C=O) groups is 1. The fraction of sp³-hybridized carbons (Fsp3) is 0.533. The molecule has 0 aliphatic heterocycles. The second kappa shape index (κ2) is 7.61. The Bertz CT molecular complexity index is 718. The lowest BCUT2D eigenvalue weighted by Crippen LogP contribution is -2.40. The van der Waals surface area contributed by atoms with Crippen molar-refractivity contribution in [1.29, 1.82) is 0 Å². The van der Waals surface area contributed by atoms with Crippen LogP contribution in [-0.4, -0.2) is 32.2 Å². The number of aromatic nitrogens is 3. The van der Waals surface area contributed by atoms with Crippen molar-refractivity contribution in [2.45, 2.75) is 50.7 Å². The van der Waals surface area contributed by atoms with Crippen LogP contribution in [0.3, 0.4) is 0 Å². The van der Waals surface area contributed by atoms with Crippen LogP contribution in [0.15, 0.2) is 29.2 Å². The van der Waals surface area contributed by atoms with Gasteiger partial charge in [-0.15, -0.1) is 17.5 Å². The molecule has 0 atom stereocenters. The van der Waals surface area contributed by atoms with E-state index in [9.17, 15) is 9.59 Å². The van der Waals surface area contributed by atoms with E-state index in [0.717, 1.165) is 25.7 Å². The summed E-state index contributed by atoms with van der Waals surface area (Å²) >= 11 is 0. The molecule has 0 spiro atoms. The summed E-state index contributed by atoms with van der Waals surface area (Å²) in [6.45, 7) is 0.290. The summed E-state index contributed by atoms with van der Waals surface area (Å²) < 4.78 is 2.81. The zero-order valence-electron chi connectivity index (χ0n) is 12.9. The number of amides is 1. The van der Waals surface area contributed by atoms with Gasteiger partial charge < -0.3 is 11.1 Å². The number of nitrogens with two attached hydrogens (primary N) is 1. The number of fused-ring (bicyclic) bond motifs is 1. The van der Waals surface area contributed by atoms with Gasteiger partial charge in [0.2, 0.25) is 5.91 Å². The lowest BCUT2D eigenvalue weighted by Gasteiger charge is -2.26. The molecular weight excluding hydrogens is 318 g/mol. The maximum atomic E-state index is 12.1. The number of halogens is 1. The minimum absolute atomic E-state index is 0. The van der Waals surface area contributed by atoms with Crippen LogP contribution in [0.1, 0.15) is 32.1 Å². The van der Waals surface area contributed by atoms with Gasteiger partial charge in [0, 0.05) is 24.7 Å².